The highest BCUT2D eigenvalue weighted by molar-refractivity contribution is 7.99. The third kappa shape index (κ3) is 3.68. The molecule has 0 aliphatic carbocycles. The van der Waals surface area contributed by atoms with Gasteiger partial charge in [-0.1, -0.05) is 13.8 Å². The Kier molecular flexibility index (Phi) is 4.85. The minimum absolute atomic E-state index is 0.343. The Morgan fingerprint density at radius 3 is 3.12 bits per heavy atom. The van der Waals surface area contributed by atoms with Crippen molar-refractivity contribution in [3.05, 3.63) is 16.1 Å². The molecule has 2 unspecified atom stereocenters. The Morgan fingerprint density at radius 2 is 2.47 bits per heavy atom. The van der Waals surface area contributed by atoms with Gasteiger partial charge in [0.1, 0.15) is 5.01 Å². The van der Waals surface area contributed by atoms with Crippen LogP contribution in [0.4, 0.5) is 0 Å². The smallest absolute Gasteiger partial charge is 0.103 e. The van der Waals surface area contributed by atoms with Crippen LogP contribution in [0.1, 0.15) is 37.0 Å². The van der Waals surface area contributed by atoms with Crippen molar-refractivity contribution in [3.8, 4) is 0 Å². The second-order valence-corrected chi connectivity index (χ2v) is 7.09. The molecule has 3 nitrogen and oxygen atoms in total. The van der Waals surface area contributed by atoms with Crippen LogP contribution in [0.2, 0.25) is 0 Å². The Balaban J connectivity index is 1.90. The molecule has 2 heterocycles. The van der Waals surface area contributed by atoms with Gasteiger partial charge in [-0.2, -0.15) is 11.8 Å². The number of thioether (sulfide) groups is 1. The van der Waals surface area contributed by atoms with E-state index in [2.05, 4.69) is 24.5 Å². The molecule has 0 amide bonds. The summed E-state index contributed by atoms with van der Waals surface area (Å²) in [5.41, 5.74) is 1.19. The summed E-state index contributed by atoms with van der Waals surface area (Å²) in [5, 5.41) is 7.56. The lowest BCUT2D eigenvalue weighted by molar-refractivity contribution is 0.117. The highest BCUT2D eigenvalue weighted by Crippen LogP contribution is 2.27. The fourth-order valence-corrected chi connectivity index (χ4v) is 3.55. The second-order valence-electron chi connectivity index (χ2n) is 4.58. The molecule has 1 N–H and O–H groups in total. The molecule has 0 saturated carbocycles. The van der Waals surface area contributed by atoms with E-state index in [-0.39, 0.29) is 0 Å². The van der Waals surface area contributed by atoms with Crippen LogP contribution in [0.15, 0.2) is 5.38 Å². The fraction of sp³-hybridized carbons (Fsp3) is 0.750. The highest BCUT2D eigenvalue weighted by atomic mass is 32.2. The summed E-state index contributed by atoms with van der Waals surface area (Å²) in [6.45, 7) is 5.39. The molecule has 0 bridgehead atoms. The van der Waals surface area contributed by atoms with Gasteiger partial charge in [0, 0.05) is 24.8 Å². The molecule has 96 valence electrons. The van der Waals surface area contributed by atoms with Crippen LogP contribution in [0.5, 0.6) is 0 Å². The number of ether oxygens (including phenoxy) is 1. The van der Waals surface area contributed by atoms with E-state index >= 15 is 0 Å². The summed E-state index contributed by atoms with van der Waals surface area (Å²) >= 11 is 3.72. The van der Waals surface area contributed by atoms with Gasteiger partial charge in [0.05, 0.1) is 17.8 Å². The van der Waals surface area contributed by atoms with Gasteiger partial charge in [-0.15, -0.1) is 11.3 Å². The van der Waals surface area contributed by atoms with Crippen LogP contribution in [-0.4, -0.2) is 30.0 Å². The van der Waals surface area contributed by atoms with E-state index < -0.39 is 0 Å². The maximum absolute atomic E-state index is 5.36. The first-order valence-electron chi connectivity index (χ1n) is 6.01. The molecule has 1 aliphatic rings. The van der Waals surface area contributed by atoms with Gasteiger partial charge in [-0.3, -0.25) is 0 Å². The van der Waals surface area contributed by atoms with E-state index in [9.17, 15) is 0 Å². The zero-order valence-electron chi connectivity index (χ0n) is 10.6. The molecule has 0 spiro atoms. The van der Waals surface area contributed by atoms with Gasteiger partial charge in [0.2, 0.25) is 0 Å². The number of hydrogen-bond acceptors (Lipinski definition) is 5. The van der Waals surface area contributed by atoms with Crippen molar-refractivity contribution < 1.29 is 4.74 Å². The fourth-order valence-electron chi connectivity index (χ4n) is 1.90. The minimum Gasteiger partial charge on any atom is -0.380 e. The van der Waals surface area contributed by atoms with Gasteiger partial charge in [-0.25, -0.2) is 4.98 Å². The first kappa shape index (κ1) is 13.3. The Morgan fingerprint density at radius 1 is 1.65 bits per heavy atom. The number of nitrogens with one attached hydrogen (secondary N) is 1. The van der Waals surface area contributed by atoms with Crippen LogP contribution < -0.4 is 5.32 Å². The van der Waals surface area contributed by atoms with Gasteiger partial charge >= 0.3 is 0 Å². The Hall–Kier alpha value is -0.100. The predicted octanol–water partition coefficient (Wildman–Crippen LogP) is 2.83. The summed E-state index contributed by atoms with van der Waals surface area (Å²) in [6, 6.07) is 0.383. The van der Waals surface area contributed by atoms with Gasteiger partial charge in [0.25, 0.3) is 0 Å². The maximum Gasteiger partial charge on any atom is 0.103 e. The number of rotatable bonds is 5. The molecule has 1 aromatic rings. The van der Waals surface area contributed by atoms with Crippen molar-refractivity contribution in [2.45, 2.75) is 43.4 Å². The molecule has 0 aromatic carbocycles. The SMILES string of the molecule is COC1CNC(c2csc(CSC(C)C)n2)C1. The molecule has 1 aromatic heterocycles. The molecule has 5 heteroatoms. The molecule has 2 rings (SSSR count). The molecule has 1 saturated heterocycles. The molecular weight excluding hydrogens is 252 g/mol. The van der Waals surface area contributed by atoms with E-state index in [1.165, 1.54) is 10.7 Å². The van der Waals surface area contributed by atoms with E-state index in [4.69, 9.17) is 9.72 Å². The lowest BCUT2D eigenvalue weighted by Crippen LogP contribution is -2.16. The van der Waals surface area contributed by atoms with Crippen molar-refractivity contribution in [2.24, 2.45) is 0 Å². The topological polar surface area (TPSA) is 34.1 Å². The number of methoxy groups -OCH3 is 1. The van der Waals surface area contributed by atoms with Crippen molar-refractivity contribution in [3.63, 3.8) is 0 Å². The third-order valence-corrected chi connectivity index (χ3v) is 5.05. The number of hydrogen-bond donors (Lipinski definition) is 1. The van der Waals surface area contributed by atoms with Crippen molar-refractivity contribution in [1.29, 1.82) is 0 Å². The van der Waals surface area contributed by atoms with Crippen LogP contribution in [0.25, 0.3) is 0 Å². The van der Waals surface area contributed by atoms with Gasteiger partial charge < -0.3 is 10.1 Å². The standard InChI is InChI=1S/C12H20N2OS2/c1-8(2)16-7-12-14-11(6-17-12)10-4-9(15-3)5-13-10/h6,8-10,13H,4-5,7H2,1-3H3. The molecule has 2 atom stereocenters. The quantitative estimate of drug-likeness (QED) is 0.894. The molecule has 17 heavy (non-hydrogen) atoms. The molecule has 0 radical (unpaired) electrons. The Bertz CT molecular complexity index is 354. The van der Waals surface area contributed by atoms with Gasteiger partial charge in [-0.05, 0) is 11.7 Å². The van der Waals surface area contributed by atoms with Crippen LogP contribution >= 0.6 is 23.1 Å². The van der Waals surface area contributed by atoms with Crippen LogP contribution in [-0.2, 0) is 10.5 Å². The average molecular weight is 272 g/mol. The number of aromatic nitrogens is 1. The zero-order chi connectivity index (χ0) is 12.3. The monoisotopic (exact) mass is 272 g/mol. The zero-order valence-corrected chi connectivity index (χ0v) is 12.2. The van der Waals surface area contributed by atoms with Crippen LogP contribution in [0, 0.1) is 0 Å². The van der Waals surface area contributed by atoms with E-state index in [0.29, 0.717) is 17.4 Å². The van der Waals surface area contributed by atoms with Crippen molar-refractivity contribution in [2.75, 3.05) is 13.7 Å². The molecular formula is C12H20N2OS2. The number of nitrogens with zero attached hydrogens (tertiary/aromatic N) is 1. The molecule has 1 fully saturated rings. The summed E-state index contributed by atoms with van der Waals surface area (Å²) in [6.07, 6.45) is 1.38. The first-order chi connectivity index (χ1) is 8.19. The largest absolute Gasteiger partial charge is 0.380 e. The summed E-state index contributed by atoms with van der Waals surface area (Å²) in [7, 11) is 1.78. The minimum atomic E-state index is 0.343. The van der Waals surface area contributed by atoms with Crippen molar-refractivity contribution in [1.82, 2.24) is 10.3 Å². The molecule has 1 aliphatic heterocycles. The normalized spacial score (nSPS) is 24.7. The lowest BCUT2D eigenvalue weighted by atomic mass is 10.1. The van der Waals surface area contributed by atoms with E-state index in [0.717, 1.165) is 18.7 Å². The first-order valence-corrected chi connectivity index (χ1v) is 7.94. The highest BCUT2D eigenvalue weighted by Gasteiger charge is 2.26. The van der Waals surface area contributed by atoms with E-state index in [1.54, 1.807) is 18.4 Å². The number of thiazole rings is 1. The van der Waals surface area contributed by atoms with Gasteiger partial charge in [0.15, 0.2) is 0 Å². The maximum atomic E-state index is 5.36. The third-order valence-electron chi connectivity index (χ3n) is 2.89. The summed E-state index contributed by atoms with van der Waals surface area (Å²) in [5.74, 6) is 1.03. The van der Waals surface area contributed by atoms with Crippen molar-refractivity contribution >= 4 is 23.1 Å². The lowest BCUT2D eigenvalue weighted by Gasteiger charge is -2.06. The van der Waals surface area contributed by atoms with E-state index in [1.807, 2.05) is 11.8 Å². The summed E-state index contributed by atoms with van der Waals surface area (Å²) < 4.78 is 5.36. The average Bonchev–Trinajstić information content (AvgIpc) is 2.94. The Labute approximate surface area is 111 Å². The second kappa shape index (κ2) is 6.18. The van der Waals surface area contributed by atoms with Crippen LogP contribution in [0.3, 0.4) is 0 Å². The predicted molar refractivity (Wildman–Crippen MR) is 74.7 cm³/mol. The summed E-state index contributed by atoms with van der Waals surface area (Å²) in [4.78, 5) is 4.71.